The number of halogens is 1. The third-order valence-corrected chi connectivity index (χ3v) is 3.53. The first-order valence-corrected chi connectivity index (χ1v) is 7.60. The lowest BCUT2D eigenvalue weighted by atomic mass is 10.2. The molecule has 1 unspecified atom stereocenters. The van der Waals surface area contributed by atoms with Gasteiger partial charge in [-0.15, -0.1) is 10.2 Å². The number of amides is 1. The summed E-state index contributed by atoms with van der Waals surface area (Å²) in [6.07, 6.45) is -0.412. The highest BCUT2D eigenvalue weighted by atomic mass is 35.5. The topological polar surface area (TPSA) is 118 Å². The van der Waals surface area contributed by atoms with Gasteiger partial charge in [-0.1, -0.05) is 11.6 Å². The highest BCUT2D eigenvalue weighted by Gasteiger charge is 2.33. The molecule has 1 saturated heterocycles. The maximum Gasteiger partial charge on any atom is 0.410 e. The van der Waals surface area contributed by atoms with Crippen LogP contribution in [0.25, 0.3) is 0 Å². The van der Waals surface area contributed by atoms with Crippen molar-refractivity contribution in [3.05, 3.63) is 5.15 Å². The molecule has 128 valence electrons. The highest BCUT2D eigenvalue weighted by molar-refractivity contribution is 6.31. The third-order valence-electron chi connectivity index (χ3n) is 3.26. The molecule has 1 fully saturated rings. The first-order valence-electron chi connectivity index (χ1n) is 7.22. The molecule has 2 heterocycles. The van der Waals surface area contributed by atoms with Gasteiger partial charge in [-0.3, -0.25) is 0 Å². The molecule has 3 N–H and O–H groups in total. The van der Waals surface area contributed by atoms with Crippen molar-refractivity contribution in [3.8, 4) is 0 Å². The van der Waals surface area contributed by atoms with Crippen molar-refractivity contribution in [2.75, 3.05) is 36.9 Å². The van der Waals surface area contributed by atoms with Gasteiger partial charge in [0.1, 0.15) is 5.60 Å². The smallest absolute Gasteiger partial charge is 0.410 e. The number of nitrogens with zero attached hydrogens (tertiary/aromatic N) is 5. The molecule has 1 amide bonds. The molecular formula is C13H21ClN6O3. The minimum atomic E-state index is -0.569. The van der Waals surface area contributed by atoms with Crippen molar-refractivity contribution in [1.29, 1.82) is 0 Å². The molecular weight excluding hydrogens is 324 g/mol. The van der Waals surface area contributed by atoms with E-state index in [1.54, 1.807) is 30.6 Å². The van der Waals surface area contributed by atoms with Crippen molar-refractivity contribution in [2.24, 2.45) is 0 Å². The van der Waals surface area contributed by atoms with Crippen LogP contribution in [0.4, 0.5) is 16.6 Å². The first-order chi connectivity index (χ1) is 10.7. The van der Waals surface area contributed by atoms with Crippen molar-refractivity contribution < 1.29 is 14.6 Å². The van der Waals surface area contributed by atoms with E-state index in [-0.39, 0.29) is 36.1 Å². The van der Waals surface area contributed by atoms with Crippen LogP contribution in [0.5, 0.6) is 0 Å². The van der Waals surface area contributed by atoms with Crippen LogP contribution in [-0.2, 0) is 4.74 Å². The van der Waals surface area contributed by atoms with E-state index in [1.807, 2.05) is 0 Å². The van der Waals surface area contributed by atoms with Crippen LogP contribution in [0, 0.1) is 0 Å². The Hall–Kier alpha value is -1.87. The molecule has 1 atom stereocenters. The summed E-state index contributed by atoms with van der Waals surface area (Å²) >= 11 is 5.72. The van der Waals surface area contributed by atoms with E-state index in [1.165, 1.54) is 0 Å². The predicted molar refractivity (Wildman–Crippen MR) is 85.3 cm³/mol. The summed E-state index contributed by atoms with van der Waals surface area (Å²) in [5.74, 6) is 0.345. The van der Waals surface area contributed by atoms with E-state index < -0.39 is 11.7 Å². The van der Waals surface area contributed by atoms with Crippen molar-refractivity contribution in [1.82, 2.24) is 20.1 Å². The number of ether oxygens (including phenoxy) is 1. The van der Waals surface area contributed by atoms with Gasteiger partial charge in [0, 0.05) is 19.6 Å². The fourth-order valence-corrected chi connectivity index (χ4v) is 2.28. The van der Waals surface area contributed by atoms with Crippen molar-refractivity contribution >= 4 is 29.5 Å². The monoisotopic (exact) mass is 344 g/mol. The van der Waals surface area contributed by atoms with E-state index in [0.29, 0.717) is 13.1 Å². The van der Waals surface area contributed by atoms with Gasteiger partial charge in [-0.05, 0) is 20.8 Å². The molecule has 1 aromatic rings. The number of aromatic nitrogens is 3. The number of aliphatic hydroxyl groups excluding tert-OH is 1. The van der Waals surface area contributed by atoms with Crippen molar-refractivity contribution in [2.45, 2.75) is 32.4 Å². The molecule has 0 radical (unpaired) electrons. The average molecular weight is 345 g/mol. The SMILES string of the molecule is CC(C)(C)OC(=O)N1CCN(c2nnc(Cl)c(N)n2)C(CO)C1. The van der Waals surface area contributed by atoms with E-state index in [9.17, 15) is 9.90 Å². The van der Waals surface area contributed by atoms with Crippen LogP contribution in [0.15, 0.2) is 0 Å². The Balaban J connectivity index is 2.09. The lowest BCUT2D eigenvalue weighted by molar-refractivity contribution is 0.0196. The first kappa shape index (κ1) is 17.5. The fourth-order valence-electron chi connectivity index (χ4n) is 2.20. The lowest BCUT2D eigenvalue weighted by Gasteiger charge is -2.40. The summed E-state index contributed by atoms with van der Waals surface area (Å²) in [7, 11) is 0. The van der Waals surface area contributed by atoms with Crippen molar-refractivity contribution in [3.63, 3.8) is 0 Å². The van der Waals surface area contributed by atoms with E-state index >= 15 is 0 Å². The zero-order chi connectivity index (χ0) is 17.2. The Kier molecular flexibility index (Phi) is 5.10. The van der Waals surface area contributed by atoms with Crippen LogP contribution in [-0.4, -0.2) is 69.2 Å². The van der Waals surface area contributed by atoms with Crippen LogP contribution >= 0.6 is 11.6 Å². The van der Waals surface area contributed by atoms with Crippen LogP contribution in [0.1, 0.15) is 20.8 Å². The molecule has 0 bridgehead atoms. The lowest BCUT2D eigenvalue weighted by Crippen LogP contribution is -2.57. The minimum absolute atomic E-state index is 0.0293. The Morgan fingerprint density at radius 3 is 2.70 bits per heavy atom. The summed E-state index contributed by atoms with van der Waals surface area (Å²) in [5.41, 5.74) is 5.07. The minimum Gasteiger partial charge on any atom is -0.444 e. The molecule has 23 heavy (non-hydrogen) atoms. The van der Waals surface area contributed by atoms with Gasteiger partial charge in [0.15, 0.2) is 11.0 Å². The van der Waals surface area contributed by atoms with Crippen LogP contribution in [0.3, 0.4) is 0 Å². The Bertz CT molecular complexity index is 579. The Morgan fingerprint density at radius 2 is 2.13 bits per heavy atom. The Labute approximate surface area is 139 Å². The predicted octanol–water partition coefficient (Wildman–Crippen LogP) is 0.525. The second-order valence-corrected chi connectivity index (χ2v) is 6.60. The molecule has 0 aliphatic carbocycles. The number of nitrogens with two attached hydrogens (primary N) is 1. The van der Waals surface area contributed by atoms with Gasteiger partial charge in [0.25, 0.3) is 0 Å². The van der Waals surface area contributed by atoms with Crippen LogP contribution in [0.2, 0.25) is 5.15 Å². The zero-order valence-electron chi connectivity index (χ0n) is 13.4. The van der Waals surface area contributed by atoms with E-state index in [0.717, 1.165) is 0 Å². The zero-order valence-corrected chi connectivity index (χ0v) is 14.1. The van der Waals surface area contributed by atoms with E-state index in [4.69, 9.17) is 22.1 Å². The van der Waals surface area contributed by atoms with Gasteiger partial charge in [-0.25, -0.2) is 4.79 Å². The number of hydrogen-bond donors (Lipinski definition) is 2. The fraction of sp³-hybridized carbons (Fsp3) is 0.692. The number of rotatable bonds is 2. The summed E-state index contributed by atoms with van der Waals surface area (Å²) in [5, 5.41) is 17.3. The number of piperazine rings is 1. The summed E-state index contributed by atoms with van der Waals surface area (Å²) < 4.78 is 5.35. The van der Waals surface area contributed by atoms with Gasteiger partial charge in [0.2, 0.25) is 5.95 Å². The van der Waals surface area contributed by atoms with Gasteiger partial charge in [-0.2, -0.15) is 4.98 Å². The number of nitrogen functional groups attached to an aromatic ring is 1. The Morgan fingerprint density at radius 1 is 1.43 bits per heavy atom. The molecule has 0 spiro atoms. The molecule has 9 nitrogen and oxygen atoms in total. The number of anilines is 2. The summed E-state index contributed by atoms with van der Waals surface area (Å²) in [6, 6.07) is -0.376. The number of carbonyl (C=O) groups is 1. The van der Waals surface area contributed by atoms with Gasteiger partial charge in [0.05, 0.1) is 12.6 Å². The standard InChI is InChI=1S/C13H21ClN6O3/c1-13(2,3)23-12(22)19-4-5-20(8(6-19)7-21)11-16-10(15)9(14)17-18-11/h8,21H,4-7H2,1-3H3,(H2,15,16,18). The molecule has 2 rings (SSSR count). The summed E-state index contributed by atoms with van der Waals surface area (Å²) in [4.78, 5) is 19.5. The highest BCUT2D eigenvalue weighted by Crippen LogP contribution is 2.21. The molecule has 10 heteroatoms. The molecule has 0 saturated carbocycles. The average Bonchev–Trinajstić information content (AvgIpc) is 2.47. The molecule has 1 aliphatic rings. The maximum atomic E-state index is 12.1. The second kappa shape index (κ2) is 6.71. The third kappa shape index (κ3) is 4.32. The maximum absolute atomic E-state index is 12.1. The van der Waals surface area contributed by atoms with E-state index in [2.05, 4.69) is 15.2 Å². The van der Waals surface area contributed by atoms with Gasteiger partial charge < -0.3 is 25.4 Å². The summed E-state index contributed by atoms with van der Waals surface area (Å²) in [6.45, 7) is 6.37. The quantitative estimate of drug-likeness (QED) is 0.797. The molecule has 0 aromatic carbocycles. The molecule has 1 aliphatic heterocycles. The second-order valence-electron chi connectivity index (χ2n) is 6.24. The molecule has 1 aromatic heterocycles. The number of hydrogen-bond acceptors (Lipinski definition) is 8. The van der Waals surface area contributed by atoms with Crippen LogP contribution < -0.4 is 10.6 Å². The largest absolute Gasteiger partial charge is 0.444 e. The number of aliphatic hydroxyl groups is 1. The van der Waals surface area contributed by atoms with Gasteiger partial charge >= 0.3 is 6.09 Å². The normalized spacial score (nSPS) is 18.9. The number of carbonyl (C=O) groups excluding carboxylic acids is 1.